The third-order valence-corrected chi connectivity index (χ3v) is 5.91. The van der Waals surface area contributed by atoms with Gasteiger partial charge in [-0.3, -0.25) is 0 Å². The summed E-state index contributed by atoms with van der Waals surface area (Å²) in [4.78, 5) is 5.05. The molecule has 4 rings (SSSR count). The molecule has 0 saturated carbocycles. The van der Waals surface area contributed by atoms with Crippen molar-refractivity contribution in [3.05, 3.63) is 59.2 Å². The molecule has 29 heavy (non-hydrogen) atoms. The lowest BCUT2D eigenvalue weighted by Gasteiger charge is -2.31. The van der Waals surface area contributed by atoms with Gasteiger partial charge in [-0.15, -0.1) is 0 Å². The third-order valence-electron chi connectivity index (χ3n) is 5.91. The van der Waals surface area contributed by atoms with Gasteiger partial charge < -0.3 is 20.4 Å². The first kappa shape index (κ1) is 19.8. The molecule has 2 aromatic rings. The number of likely N-dealkylation sites (tertiary alicyclic amines) is 1. The van der Waals surface area contributed by atoms with Crippen molar-refractivity contribution in [2.24, 2.45) is 0 Å². The quantitative estimate of drug-likeness (QED) is 0.770. The molecule has 0 aliphatic carbocycles. The molecular weight excluding hydrogens is 356 g/mol. The van der Waals surface area contributed by atoms with E-state index in [9.17, 15) is 0 Å². The number of anilines is 2. The van der Waals surface area contributed by atoms with Crippen LogP contribution in [0, 0.1) is 18.8 Å². The van der Waals surface area contributed by atoms with E-state index in [1.165, 1.54) is 42.9 Å². The maximum absolute atomic E-state index is 3.71. The molecule has 0 atom stereocenters. The van der Waals surface area contributed by atoms with Crippen LogP contribution < -0.4 is 15.5 Å². The van der Waals surface area contributed by atoms with Crippen molar-refractivity contribution in [1.82, 2.24) is 10.2 Å². The summed E-state index contributed by atoms with van der Waals surface area (Å²) < 4.78 is 0. The average Bonchev–Trinajstić information content (AvgIpc) is 3.29. The lowest BCUT2D eigenvalue weighted by Crippen LogP contribution is -2.43. The van der Waals surface area contributed by atoms with E-state index in [1.807, 2.05) is 18.2 Å². The molecule has 0 bridgehead atoms. The van der Waals surface area contributed by atoms with Crippen LogP contribution in [0.3, 0.4) is 0 Å². The molecular formula is C25H32N4. The Bertz CT molecular complexity index is 854. The molecule has 2 aliphatic rings. The maximum atomic E-state index is 3.71. The fraction of sp³-hybridized carbons (Fsp3) is 0.440. The Hall–Kier alpha value is -2.48. The first-order chi connectivity index (χ1) is 14.3. The second-order valence-corrected chi connectivity index (χ2v) is 8.00. The first-order valence-corrected chi connectivity index (χ1v) is 10.9. The van der Waals surface area contributed by atoms with Gasteiger partial charge in [-0.2, -0.15) is 0 Å². The Kier molecular flexibility index (Phi) is 6.71. The Morgan fingerprint density at radius 1 is 0.931 bits per heavy atom. The van der Waals surface area contributed by atoms with Crippen molar-refractivity contribution in [1.29, 1.82) is 0 Å². The molecule has 2 aromatic carbocycles. The van der Waals surface area contributed by atoms with E-state index in [1.54, 1.807) is 0 Å². The van der Waals surface area contributed by atoms with Crippen LogP contribution in [0.1, 0.15) is 29.5 Å². The second kappa shape index (κ2) is 9.82. The average molecular weight is 389 g/mol. The van der Waals surface area contributed by atoms with E-state index in [0.29, 0.717) is 0 Å². The second-order valence-electron chi connectivity index (χ2n) is 8.00. The standard InChI is InChI=1S/C25H32N4/c1-21-24(27-13-16-28-14-5-6-15-28)19-23(10-9-22-7-3-2-4-8-22)20-25(21)29-17-11-26-12-18-29/h2-4,7-8,19-20,26-27H,5-6,11-18H2,1H3. The monoisotopic (exact) mass is 388 g/mol. The summed E-state index contributed by atoms with van der Waals surface area (Å²) in [6.45, 7) is 11.0. The Morgan fingerprint density at radius 3 is 2.41 bits per heavy atom. The molecule has 0 radical (unpaired) electrons. The van der Waals surface area contributed by atoms with Gasteiger partial charge in [0, 0.05) is 61.8 Å². The predicted octanol–water partition coefficient (Wildman–Crippen LogP) is 3.31. The summed E-state index contributed by atoms with van der Waals surface area (Å²) in [6.07, 6.45) is 2.69. The van der Waals surface area contributed by atoms with Gasteiger partial charge in [0.1, 0.15) is 0 Å². The topological polar surface area (TPSA) is 30.5 Å². The van der Waals surface area contributed by atoms with Gasteiger partial charge in [0.05, 0.1) is 0 Å². The van der Waals surface area contributed by atoms with Crippen molar-refractivity contribution in [3.63, 3.8) is 0 Å². The van der Waals surface area contributed by atoms with Crippen LogP contribution in [0.5, 0.6) is 0 Å². The molecule has 0 amide bonds. The highest BCUT2D eigenvalue weighted by Crippen LogP contribution is 2.29. The number of hydrogen-bond donors (Lipinski definition) is 2. The summed E-state index contributed by atoms with van der Waals surface area (Å²) >= 11 is 0. The zero-order valence-electron chi connectivity index (χ0n) is 17.5. The molecule has 2 aliphatic heterocycles. The summed E-state index contributed by atoms with van der Waals surface area (Å²) in [5.41, 5.74) is 6.00. The summed E-state index contributed by atoms with van der Waals surface area (Å²) in [5.74, 6) is 6.72. The van der Waals surface area contributed by atoms with Crippen LogP contribution in [-0.4, -0.2) is 57.3 Å². The minimum absolute atomic E-state index is 0.984. The van der Waals surface area contributed by atoms with Crippen molar-refractivity contribution < 1.29 is 0 Å². The largest absolute Gasteiger partial charge is 0.383 e. The number of nitrogens with zero attached hydrogens (tertiary/aromatic N) is 2. The minimum atomic E-state index is 0.984. The summed E-state index contributed by atoms with van der Waals surface area (Å²) in [6, 6.07) is 14.7. The van der Waals surface area contributed by atoms with Gasteiger partial charge in [-0.1, -0.05) is 30.0 Å². The molecule has 2 heterocycles. The number of piperazine rings is 1. The van der Waals surface area contributed by atoms with Gasteiger partial charge in [-0.25, -0.2) is 0 Å². The van der Waals surface area contributed by atoms with E-state index in [4.69, 9.17) is 0 Å². The molecule has 4 heteroatoms. The highest BCUT2D eigenvalue weighted by molar-refractivity contribution is 5.70. The van der Waals surface area contributed by atoms with Crippen LogP contribution in [-0.2, 0) is 0 Å². The SMILES string of the molecule is Cc1c(NCCN2CCCC2)cc(C#Cc2ccccc2)cc1N1CCNCC1. The fourth-order valence-electron chi connectivity index (χ4n) is 4.21. The molecule has 0 unspecified atom stereocenters. The lowest BCUT2D eigenvalue weighted by atomic mass is 10.0. The number of rotatable bonds is 5. The normalized spacial score (nSPS) is 17.1. The van der Waals surface area contributed by atoms with Crippen molar-refractivity contribution in [3.8, 4) is 11.8 Å². The van der Waals surface area contributed by atoms with E-state index in [-0.39, 0.29) is 0 Å². The Balaban J connectivity index is 1.56. The zero-order chi connectivity index (χ0) is 19.9. The highest BCUT2D eigenvalue weighted by atomic mass is 15.2. The smallest absolute Gasteiger partial charge is 0.0430 e. The van der Waals surface area contributed by atoms with Gasteiger partial charge in [0.2, 0.25) is 0 Å². The first-order valence-electron chi connectivity index (χ1n) is 10.9. The van der Waals surface area contributed by atoms with Gasteiger partial charge >= 0.3 is 0 Å². The minimum Gasteiger partial charge on any atom is -0.383 e. The lowest BCUT2D eigenvalue weighted by molar-refractivity contribution is 0.352. The van der Waals surface area contributed by atoms with E-state index in [2.05, 4.69) is 63.5 Å². The molecule has 2 saturated heterocycles. The zero-order valence-corrected chi connectivity index (χ0v) is 17.5. The molecule has 2 fully saturated rings. The van der Waals surface area contributed by atoms with Crippen molar-refractivity contribution >= 4 is 11.4 Å². The maximum Gasteiger partial charge on any atom is 0.0430 e. The van der Waals surface area contributed by atoms with E-state index < -0.39 is 0 Å². The Labute approximate surface area is 175 Å². The van der Waals surface area contributed by atoms with Crippen molar-refractivity contribution in [2.45, 2.75) is 19.8 Å². The molecule has 0 aromatic heterocycles. The molecule has 4 nitrogen and oxygen atoms in total. The van der Waals surface area contributed by atoms with Crippen LogP contribution in [0.4, 0.5) is 11.4 Å². The number of nitrogens with one attached hydrogen (secondary N) is 2. The molecule has 0 spiro atoms. The summed E-state index contributed by atoms with van der Waals surface area (Å²) in [5, 5.41) is 7.16. The third kappa shape index (κ3) is 5.32. The number of benzene rings is 2. The number of hydrogen-bond acceptors (Lipinski definition) is 4. The van der Waals surface area contributed by atoms with Crippen LogP contribution >= 0.6 is 0 Å². The van der Waals surface area contributed by atoms with Gasteiger partial charge in [-0.05, 0) is 62.7 Å². The van der Waals surface area contributed by atoms with Gasteiger partial charge in [0.15, 0.2) is 0 Å². The predicted molar refractivity (Wildman–Crippen MR) is 123 cm³/mol. The van der Waals surface area contributed by atoms with E-state index in [0.717, 1.165) is 50.4 Å². The van der Waals surface area contributed by atoms with Crippen LogP contribution in [0.2, 0.25) is 0 Å². The highest BCUT2D eigenvalue weighted by Gasteiger charge is 2.16. The Morgan fingerprint density at radius 2 is 1.66 bits per heavy atom. The van der Waals surface area contributed by atoms with E-state index >= 15 is 0 Å². The summed E-state index contributed by atoms with van der Waals surface area (Å²) in [7, 11) is 0. The van der Waals surface area contributed by atoms with Crippen molar-refractivity contribution in [2.75, 3.05) is 62.6 Å². The van der Waals surface area contributed by atoms with Crippen LogP contribution in [0.25, 0.3) is 0 Å². The molecule has 152 valence electrons. The van der Waals surface area contributed by atoms with Crippen LogP contribution in [0.15, 0.2) is 42.5 Å². The fourth-order valence-corrected chi connectivity index (χ4v) is 4.21. The molecule has 2 N–H and O–H groups in total. The van der Waals surface area contributed by atoms with Gasteiger partial charge in [0.25, 0.3) is 0 Å².